The monoisotopic (exact) mass is 488 g/mol. The second-order valence-electron chi connectivity index (χ2n) is 8.54. The number of thioether (sulfide) groups is 1. The van der Waals surface area contributed by atoms with Gasteiger partial charge in [-0.2, -0.15) is 0 Å². The fourth-order valence-electron chi connectivity index (χ4n) is 4.24. The molecule has 0 unspecified atom stereocenters. The molecule has 0 saturated carbocycles. The maximum atomic E-state index is 12.4. The van der Waals surface area contributed by atoms with E-state index in [1.54, 1.807) is 11.8 Å². The standard InChI is InChI=1S/C24H33ClN6OS/c1-2-29-13-15-31(16-14-29)22-17-21(25)27-24(28-22)33-18-19-5-7-20(8-6-19)23(32)26-9-12-30-10-3-4-11-30/h5-8,17H,2-4,9-16,18H2,1H3,(H,26,32). The molecule has 9 heteroatoms. The Morgan fingerprint density at radius 3 is 2.45 bits per heavy atom. The molecule has 178 valence electrons. The van der Waals surface area contributed by atoms with Crippen molar-refractivity contribution >= 4 is 35.1 Å². The highest BCUT2D eigenvalue weighted by molar-refractivity contribution is 7.98. The summed E-state index contributed by atoms with van der Waals surface area (Å²) in [5, 5.41) is 4.18. The van der Waals surface area contributed by atoms with Crippen molar-refractivity contribution in [1.82, 2.24) is 25.1 Å². The highest BCUT2D eigenvalue weighted by atomic mass is 35.5. The molecule has 7 nitrogen and oxygen atoms in total. The summed E-state index contributed by atoms with van der Waals surface area (Å²) in [6, 6.07) is 9.62. The normalized spacial score (nSPS) is 17.5. The van der Waals surface area contributed by atoms with Gasteiger partial charge in [0.2, 0.25) is 0 Å². The number of likely N-dealkylation sites (N-methyl/N-ethyl adjacent to an activating group) is 1. The van der Waals surface area contributed by atoms with Crippen molar-refractivity contribution in [2.45, 2.75) is 30.7 Å². The molecule has 2 fully saturated rings. The van der Waals surface area contributed by atoms with E-state index >= 15 is 0 Å². The summed E-state index contributed by atoms with van der Waals surface area (Å²) in [4.78, 5) is 28.7. The van der Waals surface area contributed by atoms with E-state index in [9.17, 15) is 4.79 Å². The molecule has 0 radical (unpaired) electrons. The van der Waals surface area contributed by atoms with E-state index in [1.165, 1.54) is 12.8 Å². The molecule has 0 atom stereocenters. The average Bonchev–Trinajstić information content (AvgIpc) is 3.36. The number of amides is 1. The number of halogens is 1. The predicted octanol–water partition coefficient (Wildman–Crippen LogP) is 3.39. The van der Waals surface area contributed by atoms with Gasteiger partial charge in [-0.3, -0.25) is 4.79 Å². The number of nitrogens with zero attached hydrogens (tertiary/aromatic N) is 5. The Kier molecular flexibility index (Phi) is 8.83. The highest BCUT2D eigenvalue weighted by Crippen LogP contribution is 2.25. The SMILES string of the molecule is CCN1CCN(c2cc(Cl)nc(SCc3ccc(C(=O)NCCN4CCCC4)cc3)n2)CC1. The smallest absolute Gasteiger partial charge is 0.251 e. The first kappa shape index (κ1) is 24.3. The van der Waals surface area contributed by atoms with E-state index in [4.69, 9.17) is 16.6 Å². The molecule has 0 spiro atoms. The first-order chi connectivity index (χ1) is 16.1. The van der Waals surface area contributed by atoms with Crippen LogP contribution in [0.4, 0.5) is 5.82 Å². The van der Waals surface area contributed by atoms with Gasteiger partial charge in [0.05, 0.1) is 0 Å². The zero-order chi connectivity index (χ0) is 23.0. The lowest BCUT2D eigenvalue weighted by atomic mass is 10.1. The third-order valence-electron chi connectivity index (χ3n) is 6.30. The second-order valence-corrected chi connectivity index (χ2v) is 9.87. The number of rotatable bonds is 9. The molecular weight excluding hydrogens is 456 g/mol. The lowest BCUT2D eigenvalue weighted by Crippen LogP contribution is -2.46. The maximum absolute atomic E-state index is 12.4. The quantitative estimate of drug-likeness (QED) is 0.329. The molecule has 4 rings (SSSR count). The molecule has 0 bridgehead atoms. The zero-order valence-electron chi connectivity index (χ0n) is 19.3. The van der Waals surface area contributed by atoms with Crippen LogP contribution in [0.2, 0.25) is 5.15 Å². The fraction of sp³-hybridized carbons (Fsp3) is 0.542. The Hall–Kier alpha value is -1.87. The lowest BCUT2D eigenvalue weighted by Gasteiger charge is -2.34. The van der Waals surface area contributed by atoms with Gasteiger partial charge in [0.25, 0.3) is 5.91 Å². The molecule has 1 amide bonds. The van der Waals surface area contributed by atoms with Gasteiger partial charge in [-0.1, -0.05) is 42.4 Å². The number of hydrogen-bond acceptors (Lipinski definition) is 7. The van der Waals surface area contributed by atoms with Crippen molar-refractivity contribution in [2.75, 3.05) is 63.8 Å². The summed E-state index contributed by atoms with van der Waals surface area (Å²) in [7, 11) is 0. The number of carbonyl (C=O) groups excluding carboxylic acids is 1. The van der Waals surface area contributed by atoms with Gasteiger partial charge in [0.1, 0.15) is 11.0 Å². The van der Waals surface area contributed by atoms with E-state index in [0.29, 0.717) is 22.4 Å². The van der Waals surface area contributed by atoms with Gasteiger partial charge in [0, 0.05) is 56.7 Å². The maximum Gasteiger partial charge on any atom is 0.251 e. The van der Waals surface area contributed by atoms with Crippen LogP contribution in [0, 0.1) is 0 Å². The van der Waals surface area contributed by atoms with Crippen LogP contribution in [-0.4, -0.2) is 84.6 Å². The van der Waals surface area contributed by atoms with Crippen molar-refractivity contribution in [1.29, 1.82) is 0 Å². The number of piperazine rings is 1. The van der Waals surface area contributed by atoms with Crippen molar-refractivity contribution in [3.05, 3.63) is 46.6 Å². The van der Waals surface area contributed by atoms with Gasteiger partial charge < -0.3 is 20.0 Å². The highest BCUT2D eigenvalue weighted by Gasteiger charge is 2.18. The largest absolute Gasteiger partial charge is 0.354 e. The Bertz CT molecular complexity index is 914. The summed E-state index contributed by atoms with van der Waals surface area (Å²) >= 11 is 7.86. The van der Waals surface area contributed by atoms with Crippen molar-refractivity contribution in [3.63, 3.8) is 0 Å². The van der Waals surface area contributed by atoms with E-state index in [-0.39, 0.29) is 5.91 Å². The van der Waals surface area contributed by atoms with E-state index in [2.05, 4.69) is 31.9 Å². The van der Waals surface area contributed by atoms with Crippen LogP contribution in [0.25, 0.3) is 0 Å². The zero-order valence-corrected chi connectivity index (χ0v) is 20.9. The molecule has 2 aromatic rings. The minimum absolute atomic E-state index is 0.0145. The van der Waals surface area contributed by atoms with E-state index in [0.717, 1.165) is 69.5 Å². The minimum Gasteiger partial charge on any atom is -0.354 e. The summed E-state index contributed by atoms with van der Waals surface area (Å²) < 4.78 is 0. The van der Waals surface area contributed by atoms with Gasteiger partial charge in [0.15, 0.2) is 5.16 Å². The van der Waals surface area contributed by atoms with Crippen LogP contribution in [0.3, 0.4) is 0 Å². The van der Waals surface area contributed by atoms with E-state index in [1.807, 2.05) is 30.3 Å². The molecule has 1 N–H and O–H groups in total. The van der Waals surface area contributed by atoms with Crippen LogP contribution < -0.4 is 10.2 Å². The fourth-order valence-corrected chi connectivity index (χ4v) is 5.28. The topological polar surface area (TPSA) is 64.6 Å². The Labute approximate surface area is 205 Å². The van der Waals surface area contributed by atoms with Crippen molar-refractivity contribution < 1.29 is 4.79 Å². The molecule has 2 saturated heterocycles. The third-order valence-corrected chi connectivity index (χ3v) is 7.41. The molecule has 0 aliphatic carbocycles. The summed E-state index contributed by atoms with van der Waals surface area (Å²) in [5.41, 5.74) is 1.81. The molecule has 1 aromatic heterocycles. The van der Waals surface area contributed by atoms with Gasteiger partial charge in [-0.25, -0.2) is 9.97 Å². The number of benzene rings is 1. The number of anilines is 1. The van der Waals surface area contributed by atoms with Crippen LogP contribution in [0.5, 0.6) is 0 Å². The lowest BCUT2D eigenvalue weighted by molar-refractivity contribution is 0.0949. The van der Waals surface area contributed by atoms with Gasteiger partial charge >= 0.3 is 0 Å². The van der Waals surface area contributed by atoms with Crippen molar-refractivity contribution in [2.24, 2.45) is 0 Å². The molecule has 33 heavy (non-hydrogen) atoms. The average molecular weight is 489 g/mol. The molecule has 1 aromatic carbocycles. The molecule has 2 aliphatic heterocycles. The van der Waals surface area contributed by atoms with Crippen LogP contribution >= 0.6 is 23.4 Å². The number of likely N-dealkylation sites (tertiary alicyclic amines) is 1. The van der Waals surface area contributed by atoms with Crippen LogP contribution in [0.1, 0.15) is 35.7 Å². The van der Waals surface area contributed by atoms with Crippen LogP contribution in [0.15, 0.2) is 35.5 Å². The number of hydrogen-bond donors (Lipinski definition) is 1. The van der Waals surface area contributed by atoms with Crippen molar-refractivity contribution in [3.8, 4) is 0 Å². The summed E-state index contributed by atoms with van der Waals surface area (Å²) in [5.74, 6) is 1.61. The molecular formula is C24H33ClN6OS. The summed E-state index contributed by atoms with van der Waals surface area (Å²) in [6.45, 7) is 11.2. The predicted molar refractivity (Wildman–Crippen MR) is 135 cm³/mol. The summed E-state index contributed by atoms with van der Waals surface area (Å²) in [6.07, 6.45) is 2.54. The molecule has 2 aliphatic rings. The number of nitrogens with one attached hydrogen (secondary N) is 1. The molecule has 3 heterocycles. The number of carbonyl (C=O) groups is 1. The Balaban J connectivity index is 1.27. The Morgan fingerprint density at radius 2 is 1.76 bits per heavy atom. The Morgan fingerprint density at radius 1 is 1.03 bits per heavy atom. The third kappa shape index (κ3) is 7.06. The van der Waals surface area contributed by atoms with Crippen LogP contribution in [-0.2, 0) is 5.75 Å². The number of aromatic nitrogens is 2. The second kappa shape index (κ2) is 12.0. The van der Waals surface area contributed by atoms with Gasteiger partial charge in [-0.15, -0.1) is 0 Å². The van der Waals surface area contributed by atoms with E-state index < -0.39 is 0 Å². The van der Waals surface area contributed by atoms with Gasteiger partial charge in [-0.05, 0) is 50.2 Å². The first-order valence-electron chi connectivity index (χ1n) is 11.8. The minimum atomic E-state index is -0.0145. The first-order valence-corrected chi connectivity index (χ1v) is 13.2.